The lowest BCUT2D eigenvalue weighted by atomic mass is 10.2. The van der Waals surface area contributed by atoms with Gasteiger partial charge in [-0.3, -0.25) is 0 Å². The Kier molecular flexibility index (Phi) is 7.12. The van der Waals surface area contributed by atoms with E-state index in [9.17, 15) is 0 Å². The van der Waals surface area contributed by atoms with E-state index in [0.29, 0.717) is 29.7 Å². The maximum atomic E-state index is 6.05. The molecule has 0 aliphatic carbocycles. The molecular weight excluding hydrogens is 478 g/mol. The lowest BCUT2D eigenvalue weighted by molar-refractivity contribution is 0.284. The van der Waals surface area contributed by atoms with Crippen molar-refractivity contribution in [2.45, 2.75) is 19.6 Å². The van der Waals surface area contributed by atoms with Crippen LogP contribution in [0.3, 0.4) is 0 Å². The van der Waals surface area contributed by atoms with Crippen molar-refractivity contribution in [2.75, 3.05) is 13.7 Å². The lowest BCUT2D eigenvalue weighted by Crippen LogP contribution is -2.17. The summed E-state index contributed by atoms with van der Waals surface area (Å²) in [5.41, 5.74) is 4.16. The van der Waals surface area contributed by atoms with Crippen LogP contribution in [0.1, 0.15) is 17.0 Å². The van der Waals surface area contributed by atoms with Crippen LogP contribution in [0.2, 0.25) is 5.02 Å². The Balaban J connectivity index is 1.34. The van der Waals surface area contributed by atoms with E-state index in [1.165, 1.54) is 0 Å². The van der Waals surface area contributed by atoms with Crippen LogP contribution in [-0.2, 0) is 19.6 Å². The molecule has 0 aliphatic rings. The molecule has 0 fully saturated rings. The van der Waals surface area contributed by atoms with Crippen molar-refractivity contribution in [3.8, 4) is 11.5 Å². The van der Waals surface area contributed by atoms with Gasteiger partial charge < -0.3 is 19.8 Å². The summed E-state index contributed by atoms with van der Waals surface area (Å²) in [6.45, 7) is 1.92. The molecule has 7 heteroatoms. The number of nitrogens with one attached hydrogen (secondary N) is 2. The van der Waals surface area contributed by atoms with Crippen molar-refractivity contribution in [1.82, 2.24) is 15.3 Å². The smallest absolute Gasteiger partial charge is 0.162 e. The lowest BCUT2D eigenvalue weighted by Gasteiger charge is -2.14. The SMILES string of the molecule is COc1cc(CNCCc2nc3ccccc3[nH]2)c(Br)cc1OCc1cccc(Cl)c1. The Labute approximate surface area is 194 Å². The van der Waals surface area contributed by atoms with Crippen LogP contribution in [0.15, 0.2) is 65.1 Å². The van der Waals surface area contributed by atoms with Gasteiger partial charge >= 0.3 is 0 Å². The number of methoxy groups -OCH3 is 1. The number of rotatable bonds is 9. The Hall–Kier alpha value is -2.54. The molecule has 0 aliphatic heterocycles. The normalized spacial score (nSPS) is 11.1. The molecule has 160 valence electrons. The maximum absolute atomic E-state index is 6.05. The average molecular weight is 501 g/mol. The van der Waals surface area contributed by atoms with Crippen LogP contribution in [0.25, 0.3) is 11.0 Å². The van der Waals surface area contributed by atoms with Gasteiger partial charge in [0.2, 0.25) is 0 Å². The number of hydrogen-bond acceptors (Lipinski definition) is 4. The maximum Gasteiger partial charge on any atom is 0.162 e. The van der Waals surface area contributed by atoms with E-state index in [-0.39, 0.29) is 0 Å². The quantitative estimate of drug-likeness (QED) is 0.281. The molecule has 5 nitrogen and oxygen atoms in total. The van der Waals surface area contributed by atoms with Crippen molar-refractivity contribution in [3.05, 3.63) is 87.1 Å². The second kappa shape index (κ2) is 10.2. The summed E-state index contributed by atoms with van der Waals surface area (Å²) in [5, 5.41) is 4.16. The zero-order valence-electron chi connectivity index (χ0n) is 17.1. The molecule has 0 atom stereocenters. The highest BCUT2D eigenvalue weighted by Gasteiger charge is 2.11. The molecule has 0 spiro atoms. The number of nitrogens with zero attached hydrogens (tertiary/aromatic N) is 1. The van der Waals surface area contributed by atoms with Gasteiger partial charge in [0, 0.05) is 29.0 Å². The monoisotopic (exact) mass is 499 g/mol. The minimum atomic E-state index is 0.415. The van der Waals surface area contributed by atoms with Crippen molar-refractivity contribution in [3.63, 3.8) is 0 Å². The number of fused-ring (bicyclic) bond motifs is 1. The van der Waals surface area contributed by atoms with Gasteiger partial charge in [0.25, 0.3) is 0 Å². The summed E-state index contributed by atoms with van der Waals surface area (Å²) in [7, 11) is 1.65. The summed E-state index contributed by atoms with van der Waals surface area (Å²) in [4.78, 5) is 7.97. The minimum Gasteiger partial charge on any atom is -0.493 e. The molecule has 3 aromatic carbocycles. The summed E-state index contributed by atoms with van der Waals surface area (Å²) in [5.74, 6) is 2.36. The average Bonchev–Trinajstić information content (AvgIpc) is 3.19. The molecule has 4 aromatic rings. The van der Waals surface area contributed by atoms with Crippen LogP contribution < -0.4 is 14.8 Å². The molecule has 0 bridgehead atoms. The van der Waals surface area contributed by atoms with Gasteiger partial charge in [-0.15, -0.1) is 0 Å². The van der Waals surface area contributed by atoms with Crippen LogP contribution in [0.5, 0.6) is 11.5 Å². The fraction of sp³-hybridized carbons (Fsp3) is 0.208. The predicted octanol–water partition coefficient (Wildman–Crippen LogP) is 5.90. The fourth-order valence-electron chi connectivity index (χ4n) is 3.33. The zero-order valence-corrected chi connectivity index (χ0v) is 19.5. The first-order valence-corrected chi connectivity index (χ1v) is 11.2. The van der Waals surface area contributed by atoms with Crippen molar-refractivity contribution < 1.29 is 9.47 Å². The summed E-state index contributed by atoms with van der Waals surface area (Å²) in [6.07, 6.45) is 0.824. The number of aromatic amines is 1. The Bertz CT molecular complexity index is 1150. The molecule has 0 amide bonds. The van der Waals surface area contributed by atoms with Gasteiger partial charge in [-0.2, -0.15) is 0 Å². The van der Waals surface area contributed by atoms with Crippen LogP contribution in [-0.4, -0.2) is 23.6 Å². The predicted molar refractivity (Wildman–Crippen MR) is 128 cm³/mol. The molecule has 0 radical (unpaired) electrons. The van der Waals surface area contributed by atoms with Gasteiger partial charge in [0.1, 0.15) is 12.4 Å². The molecule has 4 rings (SSSR count). The van der Waals surface area contributed by atoms with Gasteiger partial charge in [0.15, 0.2) is 11.5 Å². The second-order valence-corrected chi connectivity index (χ2v) is 8.43. The molecule has 1 aromatic heterocycles. The largest absolute Gasteiger partial charge is 0.493 e. The Morgan fingerprint density at radius 1 is 1.06 bits per heavy atom. The zero-order chi connectivity index (χ0) is 21.6. The second-order valence-electron chi connectivity index (χ2n) is 7.14. The first kappa shape index (κ1) is 21.7. The van der Waals surface area contributed by atoms with E-state index in [1.54, 1.807) is 7.11 Å². The molecule has 1 heterocycles. The highest BCUT2D eigenvalue weighted by Crippen LogP contribution is 2.34. The topological polar surface area (TPSA) is 59.2 Å². The van der Waals surface area contributed by atoms with Gasteiger partial charge in [-0.1, -0.05) is 51.8 Å². The third-order valence-electron chi connectivity index (χ3n) is 4.91. The Morgan fingerprint density at radius 2 is 1.94 bits per heavy atom. The summed E-state index contributed by atoms with van der Waals surface area (Å²) in [6, 6.07) is 19.6. The van der Waals surface area contributed by atoms with E-state index in [2.05, 4.69) is 31.2 Å². The number of halogens is 2. The van der Waals surface area contributed by atoms with Crippen LogP contribution in [0, 0.1) is 0 Å². The molecule has 2 N–H and O–H groups in total. The number of ether oxygens (including phenoxy) is 2. The molecular formula is C24H23BrClN3O2. The van der Waals surface area contributed by atoms with E-state index in [0.717, 1.165) is 45.4 Å². The standard InChI is InChI=1S/C24H23BrClN3O2/c1-30-22-12-17(14-27-10-9-24-28-20-7-2-3-8-21(20)29-24)19(25)13-23(22)31-15-16-5-4-6-18(26)11-16/h2-8,11-13,27H,9-10,14-15H2,1H3,(H,28,29). The number of hydrogen-bond donors (Lipinski definition) is 2. The first-order valence-electron chi connectivity index (χ1n) is 10.0. The number of H-pyrrole nitrogens is 1. The van der Waals surface area contributed by atoms with Gasteiger partial charge in [-0.05, 0) is 47.5 Å². The van der Waals surface area contributed by atoms with E-state index in [1.807, 2.05) is 60.7 Å². The van der Waals surface area contributed by atoms with E-state index in [4.69, 9.17) is 21.1 Å². The number of aromatic nitrogens is 2. The minimum absolute atomic E-state index is 0.415. The Morgan fingerprint density at radius 3 is 2.74 bits per heavy atom. The molecule has 0 saturated heterocycles. The summed E-state index contributed by atoms with van der Waals surface area (Å²) < 4.78 is 12.5. The fourth-order valence-corrected chi connectivity index (χ4v) is 4.00. The third-order valence-corrected chi connectivity index (χ3v) is 5.88. The van der Waals surface area contributed by atoms with Gasteiger partial charge in [-0.25, -0.2) is 4.98 Å². The van der Waals surface area contributed by atoms with Crippen molar-refractivity contribution in [1.29, 1.82) is 0 Å². The first-order chi connectivity index (χ1) is 15.1. The summed E-state index contributed by atoms with van der Waals surface area (Å²) >= 11 is 9.70. The number of para-hydroxylation sites is 2. The van der Waals surface area contributed by atoms with E-state index >= 15 is 0 Å². The van der Waals surface area contributed by atoms with Crippen LogP contribution in [0.4, 0.5) is 0 Å². The molecule has 31 heavy (non-hydrogen) atoms. The third kappa shape index (κ3) is 5.58. The van der Waals surface area contributed by atoms with Crippen molar-refractivity contribution >= 4 is 38.6 Å². The highest BCUT2D eigenvalue weighted by atomic mass is 79.9. The van der Waals surface area contributed by atoms with E-state index < -0.39 is 0 Å². The van der Waals surface area contributed by atoms with Crippen molar-refractivity contribution in [2.24, 2.45) is 0 Å². The van der Waals surface area contributed by atoms with Gasteiger partial charge in [0.05, 0.1) is 18.1 Å². The molecule has 0 saturated carbocycles. The highest BCUT2D eigenvalue weighted by molar-refractivity contribution is 9.10. The van der Waals surface area contributed by atoms with Crippen LogP contribution >= 0.6 is 27.5 Å². The number of benzene rings is 3. The molecule has 0 unspecified atom stereocenters. The number of imidazole rings is 1.